The smallest absolute Gasteiger partial charge is 0.313 e. The summed E-state index contributed by atoms with van der Waals surface area (Å²) in [6.07, 6.45) is 4.48. The van der Waals surface area contributed by atoms with Gasteiger partial charge in [-0.25, -0.2) is 0 Å². The van der Waals surface area contributed by atoms with Gasteiger partial charge in [0.1, 0.15) is 29.9 Å². The predicted octanol–water partition coefficient (Wildman–Crippen LogP) is 3.83. The van der Waals surface area contributed by atoms with Gasteiger partial charge >= 0.3 is 5.97 Å². The normalized spacial score (nSPS) is 28.2. The first-order chi connectivity index (χ1) is 20.3. The molecule has 0 radical (unpaired) electrons. The second kappa shape index (κ2) is 11.7. The number of methoxy groups -OCH3 is 1. The SMILES string of the molecule is C=CCOC(=O)[C@H]1[C@H]2C(=O)N([C@H](CO)c3ccccc3)C(C(=O)N(CC=C)c3ccc(OC)cc3)C23CC[C@]1(CC)O3. The summed E-state index contributed by atoms with van der Waals surface area (Å²) in [5.41, 5.74) is -0.954. The highest BCUT2D eigenvalue weighted by Crippen LogP contribution is 2.65. The van der Waals surface area contributed by atoms with Crippen molar-refractivity contribution in [1.82, 2.24) is 4.90 Å². The van der Waals surface area contributed by atoms with Crippen LogP contribution in [0.25, 0.3) is 0 Å². The van der Waals surface area contributed by atoms with E-state index in [4.69, 9.17) is 14.2 Å². The lowest BCUT2D eigenvalue weighted by Crippen LogP contribution is -2.57. The van der Waals surface area contributed by atoms with Gasteiger partial charge in [0.2, 0.25) is 5.91 Å². The molecule has 0 aliphatic carbocycles. The molecule has 3 aliphatic rings. The number of amides is 2. The number of ether oxygens (including phenoxy) is 3. The van der Waals surface area contributed by atoms with Crippen molar-refractivity contribution in [3.63, 3.8) is 0 Å². The first-order valence-electron chi connectivity index (χ1n) is 14.3. The summed E-state index contributed by atoms with van der Waals surface area (Å²) in [5.74, 6) is -2.53. The third kappa shape index (κ3) is 4.51. The number of fused-ring (bicyclic) bond motifs is 1. The number of carbonyl (C=O) groups is 3. The molecule has 2 aromatic carbocycles. The Morgan fingerprint density at radius 2 is 1.86 bits per heavy atom. The molecule has 2 unspecified atom stereocenters. The van der Waals surface area contributed by atoms with E-state index in [2.05, 4.69) is 13.2 Å². The zero-order valence-electron chi connectivity index (χ0n) is 24.1. The highest BCUT2D eigenvalue weighted by Gasteiger charge is 2.79. The molecule has 3 heterocycles. The Balaban J connectivity index is 1.66. The number of nitrogens with zero attached hydrogens (tertiary/aromatic N) is 2. The number of hydrogen-bond acceptors (Lipinski definition) is 7. The van der Waals surface area contributed by atoms with Crippen molar-refractivity contribution in [3.05, 3.63) is 85.5 Å². The minimum absolute atomic E-state index is 0.00295. The molecule has 42 heavy (non-hydrogen) atoms. The lowest BCUT2D eigenvalue weighted by atomic mass is 9.65. The fraction of sp³-hybridized carbons (Fsp3) is 0.424. The predicted molar refractivity (Wildman–Crippen MR) is 157 cm³/mol. The molecular weight excluding hydrogens is 536 g/mol. The highest BCUT2D eigenvalue weighted by atomic mass is 16.6. The van der Waals surface area contributed by atoms with Gasteiger partial charge in [-0.2, -0.15) is 0 Å². The van der Waals surface area contributed by atoms with E-state index < -0.39 is 53.6 Å². The van der Waals surface area contributed by atoms with Gasteiger partial charge in [-0.05, 0) is 49.1 Å². The summed E-state index contributed by atoms with van der Waals surface area (Å²) >= 11 is 0. The van der Waals surface area contributed by atoms with E-state index in [1.807, 2.05) is 37.3 Å². The van der Waals surface area contributed by atoms with Crippen LogP contribution in [0.15, 0.2) is 79.9 Å². The minimum Gasteiger partial charge on any atom is -0.497 e. The maximum atomic E-state index is 14.8. The van der Waals surface area contributed by atoms with Crippen molar-refractivity contribution in [2.45, 2.75) is 49.5 Å². The van der Waals surface area contributed by atoms with Gasteiger partial charge in [0, 0.05) is 12.2 Å². The fourth-order valence-corrected chi connectivity index (χ4v) is 7.25. The molecule has 9 nitrogen and oxygen atoms in total. The number of aliphatic hydroxyl groups excluding tert-OH is 1. The highest BCUT2D eigenvalue weighted by molar-refractivity contribution is 6.05. The zero-order valence-corrected chi connectivity index (χ0v) is 24.1. The van der Waals surface area contributed by atoms with Crippen LogP contribution in [0.4, 0.5) is 5.69 Å². The summed E-state index contributed by atoms with van der Waals surface area (Å²) in [5, 5.41) is 10.7. The molecule has 9 heteroatoms. The molecule has 1 spiro atoms. The Kier molecular flexibility index (Phi) is 8.25. The summed E-state index contributed by atoms with van der Waals surface area (Å²) < 4.78 is 17.6. The van der Waals surface area contributed by atoms with Crippen LogP contribution >= 0.6 is 0 Å². The lowest BCUT2D eigenvalue weighted by molar-refractivity contribution is -0.161. The number of anilines is 1. The Morgan fingerprint density at radius 1 is 1.14 bits per heavy atom. The molecule has 2 aromatic rings. The summed E-state index contributed by atoms with van der Waals surface area (Å²) in [7, 11) is 1.57. The van der Waals surface area contributed by atoms with Gasteiger partial charge in [0.25, 0.3) is 5.91 Å². The van der Waals surface area contributed by atoms with Crippen LogP contribution in [-0.2, 0) is 23.9 Å². The molecule has 222 valence electrons. The summed E-state index contributed by atoms with van der Waals surface area (Å²) in [6, 6.07) is 14.2. The quantitative estimate of drug-likeness (QED) is 0.303. The molecule has 6 atom stereocenters. The van der Waals surface area contributed by atoms with Crippen molar-refractivity contribution in [2.24, 2.45) is 11.8 Å². The second-order valence-corrected chi connectivity index (χ2v) is 11.0. The number of carbonyl (C=O) groups excluding carboxylic acids is 3. The third-order valence-electron chi connectivity index (χ3n) is 9.10. The van der Waals surface area contributed by atoms with Crippen LogP contribution in [0.3, 0.4) is 0 Å². The van der Waals surface area contributed by atoms with Crippen molar-refractivity contribution >= 4 is 23.5 Å². The number of aliphatic hydroxyl groups is 1. The number of esters is 1. The Morgan fingerprint density at radius 3 is 2.45 bits per heavy atom. The first kappa shape index (κ1) is 29.5. The van der Waals surface area contributed by atoms with E-state index in [0.29, 0.717) is 36.3 Å². The van der Waals surface area contributed by atoms with E-state index in [1.165, 1.54) is 11.0 Å². The lowest BCUT2D eigenvalue weighted by Gasteiger charge is -2.39. The number of benzene rings is 2. The largest absolute Gasteiger partial charge is 0.497 e. The van der Waals surface area contributed by atoms with Crippen LogP contribution in [0.5, 0.6) is 5.75 Å². The van der Waals surface area contributed by atoms with Gasteiger partial charge in [-0.15, -0.1) is 6.58 Å². The molecule has 2 bridgehead atoms. The molecule has 1 N–H and O–H groups in total. The number of likely N-dealkylation sites (tertiary alicyclic amines) is 1. The van der Waals surface area contributed by atoms with Gasteiger partial charge in [-0.3, -0.25) is 14.4 Å². The minimum atomic E-state index is -1.28. The topological polar surface area (TPSA) is 106 Å². The van der Waals surface area contributed by atoms with Crippen molar-refractivity contribution in [3.8, 4) is 5.75 Å². The monoisotopic (exact) mass is 574 g/mol. The number of rotatable bonds is 12. The maximum absolute atomic E-state index is 14.8. The zero-order chi connectivity index (χ0) is 30.1. The summed E-state index contributed by atoms with van der Waals surface area (Å²) in [4.78, 5) is 46.0. The van der Waals surface area contributed by atoms with Crippen LogP contribution in [0, 0.1) is 11.8 Å². The molecule has 3 fully saturated rings. The number of hydrogen-bond donors (Lipinski definition) is 1. The molecule has 0 saturated carbocycles. The summed E-state index contributed by atoms with van der Waals surface area (Å²) in [6.45, 7) is 9.18. The first-order valence-corrected chi connectivity index (χ1v) is 14.3. The Hall–Kier alpha value is -3.95. The van der Waals surface area contributed by atoms with Crippen LogP contribution < -0.4 is 9.64 Å². The van der Waals surface area contributed by atoms with Gasteiger partial charge in [0.15, 0.2) is 0 Å². The third-order valence-corrected chi connectivity index (χ3v) is 9.10. The van der Waals surface area contributed by atoms with Crippen LogP contribution in [0.1, 0.15) is 37.8 Å². The Bertz CT molecular complexity index is 1350. The molecule has 3 aliphatic heterocycles. The molecule has 2 amide bonds. The molecule has 5 rings (SSSR count). The molecule has 0 aromatic heterocycles. The second-order valence-electron chi connectivity index (χ2n) is 11.0. The average molecular weight is 575 g/mol. The van der Waals surface area contributed by atoms with Gasteiger partial charge in [-0.1, -0.05) is 56.0 Å². The molecule has 3 saturated heterocycles. The van der Waals surface area contributed by atoms with Crippen LogP contribution in [0.2, 0.25) is 0 Å². The van der Waals surface area contributed by atoms with E-state index in [9.17, 15) is 19.5 Å². The fourth-order valence-electron chi connectivity index (χ4n) is 7.25. The van der Waals surface area contributed by atoms with E-state index in [1.54, 1.807) is 42.4 Å². The van der Waals surface area contributed by atoms with Gasteiger partial charge < -0.3 is 29.1 Å². The Labute approximate surface area is 246 Å². The van der Waals surface area contributed by atoms with Crippen molar-refractivity contribution < 1.29 is 33.7 Å². The van der Waals surface area contributed by atoms with E-state index in [-0.39, 0.29) is 19.1 Å². The average Bonchev–Trinajstić information content (AvgIpc) is 3.63. The van der Waals surface area contributed by atoms with Crippen LogP contribution in [-0.4, -0.2) is 71.9 Å². The van der Waals surface area contributed by atoms with Crippen molar-refractivity contribution in [2.75, 3.05) is 31.8 Å². The van der Waals surface area contributed by atoms with Gasteiger partial charge in [0.05, 0.1) is 31.3 Å². The van der Waals surface area contributed by atoms with E-state index in [0.717, 1.165) is 0 Å². The molecular formula is C33H38N2O7. The van der Waals surface area contributed by atoms with Crippen molar-refractivity contribution in [1.29, 1.82) is 0 Å². The maximum Gasteiger partial charge on any atom is 0.313 e. The van der Waals surface area contributed by atoms with E-state index >= 15 is 0 Å². The standard InChI is InChI=1S/C33H38N2O7/c1-5-19-34(23-13-15-24(40-4)16-14-23)30(38)28-33-18-17-32(7-3,42-33)27(31(39)41-20-6-2)26(33)29(37)35(28)25(21-36)22-11-9-8-10-12-22/h5-6,8-16,25-28,36H,1-2,7,17-21H2,3-4H3/t25-,26+,27-,28?,32+,33?/m1/s1.